The Morgan fingerprint density at radius 3 is 3.00 bits per heavy atom. The number of aryl methyl sites for hydroxylation is 1. The molecular weight excluding hydrogens is 198 g/mol. The van der Waals surface area contributed by atoms with Gasteiger partial charge in [-0.15, -0.1) is 0 Å². The van der Waals surface area contributed by atoms with Crippen molar-refractivity contribution in [3.8, 4) is 0 Å². The van der Waals surface area contributed by atoms with Crippen LogP contribution in [0, 0.1) is 0 Å². The standard InChI is InChI=1S/C14H17NO/c1-9(16)15-13-7-11-4-2-3-10-5-6-12(8-13)14(10)11/h2-4,12-13H,5-8H2,1H3,(H,15,16). The van der Waals surface area contributed by atoms with E-state index < -0.39 is 0 Å². The van der Waals surface area contributed by atoms with Crippen LogP contribution in [-0.2, 0) is 17.6 Å². The first-order valence-electron chi connectivity index (χ1n) is 6.12. The summed E-state index contributed by atoms with van der Waals surface area (Å²) in [5, 5.41) is 3.07. The maximum absolute atomic E-state index is 11.1. The van der Waals surface area contributed by atoms with Crippen LogP contribution in [-0.4, -0.2) is 11.9 Å². The number of hydrogen-bond acceptors (Lipinski definition) is 1. The molecule has 0 spiro atoms. The predicted octanol–water partition coefficient (Wildman–Crippen LogP) is 2.17. The molecule has 0 aliphatic heterocycles. The zero-order valence-electron chi connectivity index (χ0n) is 9.62. The summed E-state index contributed by atoms with van der Waals surface area (Å²) < 4.78 is 0. The van der Waals surface area contributed by atoms with Crippen molar-refractivity contribution in [3.63, 3.8) is 0 Å². The normalized spacial score (nSPS) is 26.3. The van der Waals surface area contributed by atoms with Crippen LogP contribution in [0.5, 0.6) is 0 Å². The number of benzene rings is 1. The Hall–Kier alpha value is -1.31. The number of carbonyl (C=O) groups is 1. The minimum Gasteiger partial charge on any atom is -0.353 e. The van der Waals surface area contributed by atoms with Crippen LogP contribution in [0.3, 0.4) is 0 Å². The molecule has 16 heavy (non-hydrogen) atoms. The van der Waals surface area contributed by atoms with E-state index in [1.807, 2.05) is 0 Å². The first-order chi connectivity index (χ1) is 7.74. The lowest BCUT2D eigenvalue weighted by molar-refractivity contribution is -0.119. The highest BCUT2D eigenvalue weighted by Gasteiger charge is 2.32. The Morgan fingerprint density at radius 2 is 2.19 bits per heavy atom. The highest BCUT2D eigenvalue weighted by Crippen LogP contribution is 2.42. The van der Waals surface area contributed by atoms with Crippen molar-refractivity contribution in [2.75, 3.05) is 0 Å². The molecule has 1 amide bonds. The number of rotatable bonds is 1. The van der Waals surface area contributed by atoms with Crippen molar-refractivity contribution in [2.24, 2.45) is 0 Å². The van der Waals surface area contributed by atoms with Gasteiger partial charge in [-0.25, -0.2) is 0 Å². The second-order valence-electron chi connectivity index (χ2n) is 5.06. The van der Waals surface area contributed by atoms with E-state index >= 15 is 0 Å². The fourth-order valence-electron chi connectivity index (χ4n) is 3.39. The van der Waals surface area contributed by atoms with Gasteiger partial charge in [-0.2, -0.15) is 0 Å². The minimum absolute atomic E-state index is 0.0996. The van der Waals surface area contributed by atoms with E-state index in [0.29, 0.717) is 12.0 Å². The molecule has 3 rings (SSSR count). The van der Waals surface area contributed by atoms with Crippen LogP contribution in [0.1, 0.15) is 42.4 Å². The van der Waals surface area contributed by atoms with Crippen LogP contribution in [0.15, 0.2) is 18.2 Å². The molecular formula is C14H17NO. The third kappa shape index (κ3) is 1.53. The summed E-state index contributed by atoms with van der Waals surface area (Å²) in [6, 6.07) is 7.00. The lowest BCUT2D eigenvalue weighted by atomic mass is 9.81. The topological polar surface area (TPSA) is 29.1 Å². The zero-order valence-corrected chi connectivity index (χ0v) is 9.62. The van der Waals surface area contributed by atoms with Crippen LogP contribution < -0.4 is 5.32 Å². The number of carbonyl (C=O) groups excluding carboxylic acids is 1. The monoisotopic (exact) mass is 215 g/mol. The molecule has 0 saturated carbocycles. The largest absolute Gasteiger partial charge is 0.353 e. The fourth-order valence-corrected chi connectivity index (χ4v) is 3.39. The summed E-state index contributed by atoms with van der Waals surface area (Å²) in [6.07, 6.45) is 4.63. The van der Waals surface area contributed by atoms with E-state index in [9.17, 15) is 4.79 Å². The Balaban J connectivity index is 1.91. The van der Waals surface area contributed by atoms with E-state index in [0.717, 1.165) is 12.8 Å². The molecule has 0 heterocycles. The van der Waals surface area contributed by atoms with Gasteiger partial charge in [0.25, 0.3) is 0 Å². The summed E-state index contributed by atoms with van der Waals surface area (Å²) in [7, 11) is 0. The van der Waals surface area contributed by atoms with Gasteiger partial charge in [0.15, 0.2) is 0 Å². The van der Waals surface area contributed by atoms with Crippen LogP contribution in [0.4, 0.5) is 0 Å². The Bertz CT molecular complexity index is 438. The van der Waals surface area contributed by atoms with Crippen molar-refractivity contribution >= 4 is 5.91 Å². The maximum atomic E-state index is 11.1. The van der Waals surface area contributed by atoms with Crippen molar-refractivity contribution < 1.29 is 4.79 Å². The lowest BCUT2D eigenvalue weighted by Gasteiger charge is -2.29. The van der Waals surface area contributed by atoms with Crippen molar-refractivity contribution in [1.29, 1.82) is 0 Å². The summed E-state index contributed by atoms with van der Waals surface area (Å²) in [5.74, 6) is 0.791. The third-order valence-electron chi connectivity index (χ3n) is 3.90. The molecule has 2 nitrogen and oxygen atoms in total. The lowest BCUT2D eigenvalue weighted by Crippen LogP contribution is -2.38. The van der Waals surface area contributed by atoms with Gasteiger partial charge >= 0.3 is 0 Å². The molecule has 0 fully saturated rings. The Labute approximate surface area is 96.1 Å². The van der Waals surface area contributed by atoms with Crippen molar-refractivity contribution in [1.82, 2.24) is 5.32 Å². The summed E-state index contributed by atoms with van der Waals surface area (Å²) in [5.41, 5.74) is 4.61. The third-order valence-corrected chi connectivity index (χ3v) is 3.90. The number of nitrogens with one attached hydrogen (secondary N) is 1. The highest BCUT2D eigenvalue weighted by molar-refractivity contribution is 5.73. The molecule has 2 unspecified atom stereocenters. The van der Waals surface area contributed by atoms with E-state index in [-0.39, 0.29) is 5.91 Å². The summed E-state index contributed by atoms with van der Waals surface area (Å²) in [6.45, 7) is 1.61. The molecule has 2 aliphatic rings. The van der Waals surface area contributed by atoms with Crippen molar-refractivity contribution in [3.05, 3.63) is 34.9 Å². The molecule has 1 N–H and O–H groups in total. The van der Waals surface area contributed by atoms with E-state index in [1.54, 1.807) is 18.1 Å². The molecule has 0 bridgehead atoms. The second kappa shape index (κ2) is 3.62. The van der Waals surface area contributed by atoms with Crippen LogP contribution in [0.2, 0.25) is 0 Å². The quantitative estimate of drug-likeness (QED) is 0.764. The number of hydrogen-bond donors (Lipinski definition) is 1. The maximum Gasteiger partial charge on any atom is 0.217 e. The molecule has 84 valence electrons. The zero-order chi connectivity index (χ0) is 11.1. The Morgan fingerprint density at radius 1 is 1.38 bits per heavy atom. The van der Waals surface area contributed by atoms with E-state index in [1.165, 1.54) is 18.4 Å². The van der Waals surface area contributed by atoms with Gasteiger partial charge in [-0.3, -0.25) is 4.79 Å². The average Bonchev–Trinajstić information content (AvgIpc) is 2.62. The van der Waals surface area contributed by atoms with Gasteiger partial charge in [0.2, 0.25) is 5.91 Å². The molecule has 0 radical (unpaired) electrons. The molecule has 2 aliphatic carbocycles. The average molecular weight is 215 g/mol. The summed E-state index contributed by atoms with van der Waals surface area (Å²) in [4.78, 5) is 11.1. The van der Waals surface area contributed by atoms with Crippen molar-refractivity contribution in [2.45, 2.75) is 44.6 Å². The summed E-state index contributed by atoms with van der Waals surface area (Å²) >= 11 is 0. The van der Waals surface area contributed by atoms with Gasteiger partial charge in [-0.1, -0.05) is 18.2 Å². The van der Waals surface area contributed by atoms with Gasteiger partial charge < -0.3 is 5.32 Å². The fraction of sp³-hybridized carbons (Fsp3) is 0.500. The number of amides is 1. The predicted molar refractivity (Wildman–Crippen MR) is 63.4 cm³/mol. The van der Waals surface area contributed by atoms with Gasteiger partial charge in [0.05, 0.1) is 0 Å². The first-order valence-corrected chi connectivity index (χ1v) is 6.12. The van der Waals surface area contributed by atoms with Gasteiger partial charge in [-0.05, 0) is 48.3 Å². The van der Waals surface area contributed by atoms with Gasteiger partial charge in [0, 0.05) is 13.0 Å². The molecule has 2 atom stereocenters. The molecule has 0 aromatic heterocycles. The van der Waals surface area contributed by atoms with Crippen LogP contribution >= 0.6 is 0 Å². The molecule has 2 heteroatoms. The minimum atomic E-state index is 0.0996. The SMILES string of the molecule is CC(=O)NC1Cc2cccc3c2C(CC3)C1. The van der Waals surface area contributed by atoms with E-state index in [2.05, 4.69) is 23.5 Å². The van der Waals surface area contributed by atoms with Crippen LogP contribution in [0.25, 0.3) is 0 Å². The highest BCUT2D eigenvalue weighted by atomic mass is 16.1. The smallest absolute Gasteiger partial charge is 0.217 e. The molecule has 1 aromatic carbocycles. The molecule has 0 saturated heterocycles. The van der Waals surface area contributed by atoms with E-state index in [4.69, 9.17) is 0 Å². The van der Waals surface area contributed by atoms with Gasteiger partial charge in [0.1, 0.15) is 0 Å². The Kier molecular flexibility index (Phi) is 2.23. The molecule has 1 aromatic rings. The first kappa shape index (κ1) is 9.88. The second-order valence-corrected chi connectivity index (χ2v) is 5.06.